The largest absolute Gasteiger partial charge is 0.494 e. The highest BCUT2D eigenvalue weighted by molar-refractivity contribution is 5.97. The van der Waals surface area contributed by atoms with Crippen molar-refractivity contribution >= 4 is 5.91 Å². The van der Waals surface area contributed by atoms with E-state index in [1.807, 2.05) is 9.58 Å². The van der Waals surface area contributed by atoms with Gasteiger partial charge in [-0.05, 0) is 31.2 Å². The van der Waals surface area contributed by atoms with Crippen molar-refractivity contribution in [2.45, 2.75) is 51.6 Å². The van der Waals surface area contributed by atoms with Gasteiger partial charge in [0.05, 0.1) is 31.5 Å². The Morgan fingerprint density at radius 3 is 2.85 bits per heavy atom. The monoisotopic (exact) mass is 355 g/mol. The van der Waals surface area contributed by atoms with Crippen molar-refractivity contribution in [3.05, 3.63) is 35.7 Å². The minimum atomic E-state index is -0.0610. The molecule has 1 aliphatic heterocycles. The summed E-state index contributed by atoms with van der Waals surface area (Å²) in [7, 11) is 1.56. The average molecular weight is 355 g/mol. The molecule has 26 heavy (non-hydrogen) atoms. The summed E-state index contributed by atoms with van der Waals surface area (Å²) in [4.78, 5) is 24.1. The number of aromatic nitrogens is 4. The van der Waals surface area contributed by atoms with Gasteiger partial charge >= 0.3 is 0 Å². The number of pyridine rings is 1. The Kier molecular flexibility index (Phi) is 4.38. The van der Waals surface area contributed by atoms with E-state index in [4.69, 9.17) is 14.8 Å². The first-order chi connectivity index (χ1) is 12.6. The molecule has 1 amide bonds. The van der Waals surface area contributed by atoms with Crippen LogP contribution in [0.3, 0.4) is 0 Å². The lowest BCUT2D eigenvalue weighted by Crippen LogP contribution is -2.43. The molecule has 1 fully saturated rings. The second-order valence-corrected chi connectivity index (χ2v) is 7.55. The summed E-state index contributed by atoms with van der Waals surface area (Å²) >= 11 is 0. The first-order valence-corrected chi connectivity index (χ1v) is 9.32. The highest BCUT2D eigenvalue weighted by atomic mass is 16.5. The van der Waals surface area contributed by atoms with Gasteiger partial charge in [0.2, 0.25) is 0 Å². The van der Waals surface area contributed by atoms with Crippen LogP contribution in [0, 0.1) is 5.92 Å². The maximum atomic E-state index is 13.3. The van der Waals surface area contributed by atoms with Crippen molar-refractivity contribution in [3.8, 4) is 5.75 Å². The van der Waals surface area contributed by atoms with Gasteiger partial charge in [0.25, 0.3) is 5.91 Å². The Morgan fingerprint density at radius 1 is 1.35 bits per heavy atom. The third kappa shape index (κ3) is 3.06. The maximum absolute atomic E-state index is 13.3. The molecule has 0 spiro atoms. The van der Waals surface area contributed by atoms with Crippen LogP contribution in [0.15, 0.2) is 18.5 Å². The summed E-state index contributed by atoms with van der Waals surface area (Å²) in [6, 6.07) is 1.66. The van der Waals surface area contributed by atoms with Crippen LogP contribution in [0.1, 0.15) is 67.1 Å². The second-order valence-electron chi connectivity index (χ2n) is 7.55. The fraction of sp³-hybridized carbons (Fsp3) is 0.579. The lowest BCUT2D eigenvalue weighted by molar-refractivity contribution is 0.0575. The van der Waals surface area contributed by atoms with Gasteiger partial charge in [-0.25, -0.2) is 9.67 Å². The van der Waals surface area contributed by atoms with E-state index in [1.165, 1.54) is 12.8 Å². The fourth-order valence-corrected chi connectivity index (χ4v) is 3.59. The number of methoxy groups -OCH3 is 1. The number of carbonyl (C=O) groups is 1. The van der Waals surface area contributed by atoms with Crippen molar-refractivity contribution in [1.82, 2.24) is 24.6 Å². The van der Waals surface area contributed by atoms with Crippen LogP contribution in [-0.2, 0) is 6.54 Å². The van der Waals surface area contributed by atoms with Crippen LogP contribution in [0.5, 0.6) is 5.75 Å². The number of nitrogens with zero attached hydrogens (tertiary/aromatic N) is 5. The molecule has 4 rings (SSSR count). The van der Waals surface area contributed by atoms with E-state index in [0.717, 1.165) is 18.1 Å². The number of fused-ring (bicyclic) bond motifs is 1. The number of ether oxygens (including phenoxy) is 1. The van der Waals surface area contributed by atoms with Crippen molar-refractivity contribution in [3.63, 3.8) is 0 Å². The van der Waals surface area contributed by atoms with Gasteiger partial charge in [0.1, 0.15) is 11.6 Å². The first-order valence-electron chi connectivity index (χ1n) is 9.32. The smallest absolute Gasteiger partial charge is 0.258 e. The maximum Gasteiger partial charge on any atom is 0.258 e. The number of hydrogen-bond acceptors (Lipinski definition) is 5. The summed E-state index contributed by atoms with van der Waals surface area (Å²) in [6.45, 7) is 5.66. The van der Waals surface area contributed by atoms with E-state index in [-0.39, 0.29) is 11.9 Å². The van der Waals surface area contributed by atoms with Gasteiger partial charge in [-0.2, -0.15) is 5.10 Å². The van der Waals surface area contributed by atoms with E-state index < -0.39 is 0 Å². The van der Waals surface area contributed by atoms with Crippen LogP contribution in [0.4, 0.5) is 0 Å². The van der Waals surface area contributed by atoms with E-state index >= 15 is 0 Å². The molecule has 0 bridgehead atoms. The Labute approximate surface area is 153 Å². The molecule has 138 valence electrons. The van der Waals surface area contributed by atoms with Crippen molar-refractivity contribution in [1.29, 1.82) is 0 Å². The number of rotatable bonds is 5. The summed E-state index contributed by atoms with van der Waals surface area (Å²) in [5, 5.41) is 4.70. The van der Waals surface area contributed by atoms with Gasteiger partial charge < -0.3 is 9.64 Å². The van der Waals surface area contributed by atoms with Gasteiger partial charge in [-0.15, -0.1) is 0 Å². The lowest BCUT2D eigenvalue weighted by atomic mass is 9.99. The summed E-state index contributed by atoms with van der Waals surface area (Å²) in [5.74, 6) is 3.31. The third-order valence-electron chi connectivity index (χ3n) is 5.08. The van der Waals surface area contributed by atoms with Gasteiger partial charge in [0, 0.05) is 18.7 Å². The molecule has 0 saturated heterocycles. The zero-order valence-corrected chi connectivity index (χ0v) is 15.6. The first kappa shape index (κ1) is 17.0. The van der Waals surface area contributed by atoms with Gasteiger partial charge in [0.15, 0.2) is 5.82 Å². The average Bonchev–Trinajstić information content (AvgIpc) is 3.40. The fourth-order valence-electron chi connectivity index (χ4n) is 3.59. The molecule has 2 aromatic rings. The van der Waals surface area contributed by atoms with Gasteiger partial charge in [-0.1, -0.05) is 13.8 Å². The Morgan fingerprint density at radius 2 is 2.15 bits per heavy atom. The predicted octanol–water partition coefficient (Wildman–Crippen LogP) is 2.80. The van der Waals surface area contributed by atoms with Crippen LogP contribution in [0.25, 0.3) is 0 Å². The normalized spacial score (nSPS) is 19.5. The summed E-state index contributed by atoms with van der Waals surface area (Å²) in [5.41, 5.74) is 0.548. The van der Waals surface area contributed by atoms with E-state index in [1.54, 1.807) is 25.6 Å². The molecular formula is C19H25N5O2. The van der Waals surface area contributed by atoms with Gasteiger partial charge in [-0.3, -0.25) is 9.78 Å². The Bertz CT molecular complexity index is 812. The van der Waals surface area contributed by atoms with Crippen LogP contribution in [0.2, 0.25) is 0 Å². The zero-order chi connectivity index (χ0) is 18.3. The minimum Gasteiger partial charge on any atom is -0.494 e. The molecule has 0 aromatic carbocycles. The Balaban J connectivity index is 1.69. The van der Waals surface area contributed by atoms with E-state index in [9.17, 15) is 4.79 Å². The molecule has 0 N–H and O–H groups in total. The molecule has 7 heteroatoms. The highest BCUT2D eigenvalue weighted by Gasteiger charge is 2.37. The molecule has 2 aromatic heterocycles. The summed E-state index contributed by atoms with van der Waals surface area (Å²) in [6.07, 6.45) is 6.43. The molecule has 2 aliphatic rings. The number of hydrogen-bond donors (Lipinski definition) is 0. The van der Waals surface area contributed by atoms with Crippen molar-refractivity contribution in [2.24, 2.45) is 5.92 Å². The minimum absolute atomic E-state index is 0.0304. The standard InChI is InChI=1S/C19H25N5O2/c1-12(2)10-15-18-21-17(13-4-5-13)22-24(18)9-8-23(15)19(25)14-6-7-20-11-16(14)26-3/h6-7,11-13,15H,4-5,8-10H2,1-3H3/t15-/m0/s1. The molecule has 1 saturated carbocycles. The Hall–Kier alpha value is -2.44. The van der Waals surface area contributed by atoms with E-state index in [0.29, 0.717) is 36.2 Å². The topological polar surface area (TPSA) is 73.1 Å². The molecular weight excluding hydrogens is 330 g/mol. The van der Waals surface area contributed by atoms with Crippen molar-refractivity contribution < 1.29 is 9.53 Å². The van der Waals surface area contributed by atoms with E-state index in [2.05, 4.69) is 18.8 Å². The molecule has 0 radical (unpaired) electrons. The van der Waals surface area contributed by atoms with Crippen LogP contribution in [-0.4, -0.2) is 44.2 Å². The predicted molar refractivity (Wildman–Crippen MR) is 96.0 cm³/mol. The molecule has 3 heterocycles. The van der Waals surface area contributed by atoms with Crippen molar-refractivity contribution in [2.75, 3.05) is 13.7 Å². The summed E-state index contributed by atoms with van der Waals surface area (Å²) < 4.78 is 7.35. The lowest BCUT2D eigenvalue weighted by Gasteiger charge is -2.36. The molecule has 0 unspecified atom stereocenters. The quantitative estimate of drug-likeness (QED) is 0.824. The van der Waals surface area contributed by atoms with Crippen LogP contribution < -0.4 is 4.74 Å². The zero-order valence-electron chi connectivity index (χ0n) is 15.6. The molecule has 7 nitrogen and oxygen atoms in total. The highest BCUT2D eigenvalue weighted by Crippen LogP contribution is 2.40. The second kappa shape index (κ2) is 6.70. The third-order valence-corrected chi connectivity index (χ3v) is 5.08. The number of carbonyl (C=O) groups excluding carboxylic acids is 1. The SMILES string of the molecule is COc1cnccc1C(=O)N1CCn2nc(C3CC3)nc2[C@@H]1CC(C)C. The van der Waals surface area contributed by atoms with Crippen LogP contribution >= 0.6 is 0 Å². The number of amides is 1. The molecule has 1 aliphatic carbocycles. The molecule has 1 atom stereocenters.